The number of benzene rings is 2. The molecule has 0 aromatic heterocycles. The van der Waals surface area contributed by atoms with Gasteiger partial charge in [0.15, 0.2) is 11.5 Å². The molecule has 0 saturated carbocycles. The van der Waals surface area contributed by atoms with E-state index < -0.39 is 0 Å². The first-order valence-electron chi connectivity index (χ1n) is 6.10. The molecule has 0 saturated heterocycles. The van der Waals surface area contributed by atoms with Crippen molar-refractivity contribution in [1.29, 1.82) is 0 Å². The van der Waals surface area contributed by atoms with Gasteiger partial charge in [-0.3, -0.25) is 4.79 Å². The Balaban J connectivity index is 2.10. The van der Waals surface area contributed by atoms with E-state index in [1.165, 1.54) is 31.4 Å². The Morgan fingerprint density at radius 3 is 2.62 bits per heavy atom. The fourth-order valence-corrected chi connectivity index (χ4v) is 2.19. The highest BCUT2D eigenvalue weighted by molar-refractivity contribution is 9.10. The third kappa shape index (κ3) is 3.72. The summed E-state index contributed by atoms with van der Waals surface area (Å²) in [7, 11) is 1.40. The molecule has 4 nitrogen and oxygen atoms in total. The zero-order valence-electron chi connectivity index (χ0n) is 11.2. The number of phenols is 1. The van der Waals surface area contributed by atoms with E-state index >= 15 is 0 Å². The van der Waals surface area contributed by atoms with Crippen LogP contribution in [0.1, 0.15) is 15.9 Å². The zero-order valence-corrected chi connectivity index (χ0v) is 12.8. The van der Waals surface area contributed by atoms with Gasteiger partial charge >= 0.3 is 0 Å². The monoisotopic (exact) mass is 353 g/mol. The Kier molecular flexibility index (Phi) is 4.80. The molecule has 2 aromatic carbocycles. The molecule has 21 heavy (non-hydrogen) atoms. The fraction of sp³-hybridized carbons (Fsp3) is 0.133. The summed E-state index contributed by atoms with van der Waals surface area (Å²) in [6.07, 6.45) is 0. The molecule has 0 aliphatic heterocycles. The topological polar surface area (TPSA) is 58.6 Å². The lowest BCUT2D eigenvalue weighted by Gasteiger charge is -2.09. The van der Waals surface area contributed by atoms with Gasteiger partial charge in [0, 0.05) is 12.1 Å². The van der Waals surface area contributed by atoms with Gasteiger partial charge in [-0.25, -0.2) is 4.39 Å². The lowest BCUT2D eigenvalue weighted by Crippen LogP contribution is -2.22. The van der Waals surface area contributed by atoms with E-state index in [4.69, 9.17) is 4.74 Å². The highest BCUT2D eigenvalue weighted by Crippen LogP contribution is 2.35. The predicted octanol–water partition coefficient (Wildman–Crippen LogP) is 3.23. The van der Waals surface area contributed by atoms with Gasteiger partial charge < -0.3 is 15.2 Å². The minimum atomic E-state index is -0.322. The maximum atomic E-state index is 12.8. The second-order valence-electron chi connectivity index (χ2n) is 4.32. The Labute approximate surface area is 129 Å². The molecule has 110 valence electrons. The molecule has 2 rings (SSSR count). The lowest BCUT2D eigenvalue weighted by molar-refractivity contribution is 0.0950. The van der Waals surface area contributed by atoms with Crippen molar-refractivity contribution in [2.45, 2.75) is 6.54 Å². The highest BCUT2D eigenvalue weighted by atomic mass is 79.9. The summed E-state index contributed by atoms with van der Waals surface area (Å²) in [5.41, 5.74) is 1.13. The van der Waals surface area contributed by atoms with Crippen molar-refractivity contribution in [1.82, 2.24) is 5.32 Å². The van der Waals surface area contributed by atoms with E-state index in [-0.39, 0.29) is 29.8 Å². The first kappa shape index (κ1) is 15.3. The molecule has 2 N–H and O–H groups in total. The van der Waals surface area contributed by atoms with Crippen LogP contribution in [0.25, 0.3) is 0 Å². The van der Waals surface area contributed by atoms with E-state index in [9.17, 15) is 14.3 Å². The number of aromatic hydroxyl groups is 1. The molecule has 0 bridgehead atoms. The molecule has 0 aliphatic carbocycles. The Hall–Kier alpha value is -2.08. The summed E-state index contributed by atoms with van der Waals surface area (Å²) < 4.78 is 18.1. The summed E-state index contributed by atoms with van der Waals surface area (Å²) in [5, 5.41) is 12.4. The van der Waals surface area contributed by atoms with E-state index in [2.05, 4.69) is 21.2 Å². The van der Waals surface area contributed by atoms with Gasteiger partial charge in [0.2, 0.25) is 0 Å². The highest BCUT2D eigenvalue weighted by Gasteiger charge is 2.13. The van der Waals surface area contributed by atoms with Crippen LogP contribution in [0.5, 0.6) is 11.5 Å². The Bertz CT molecular complexity index is 659. The zero-order chi connectivity index (χ0) is 15.4. The number of amides is 1. The van der Waals surface area contributed by atoms with Gasteiger partial charge in [-0.15, -0.1) is 0 Å². The molecule has 1 amide bonds. The van der Waals surface area contributed by atoms with Crippen LogP contribution in [0.15, 0.2) is 40.9 Å². The second kappa shape index (κ2) is 6.58. The normalized spacial score (nSPS) is 10.2. The second-order valence-corrected chi connectivity index (χ2v) is 5.17. The van der Waals surface area contributed by atoms with Crippen LogP contribution in [0.3, 0.4) is 0 Å². The number of rotatable bonds is 4. The van der Waals surface area contributed by atoms with Crippen molar-refractivity contribution >= 4 is 21.8 Å². The third-order valence-corrected chi connectivity index (χ3v) is 3.48. The summed E-state index contributed by atoms with van der Waals surface area (Å²) in [6, 6.07) is 8.81. The molecule has 2 aromatic rings. The number of phenolic OH excluding ortho intramolecular Hbond substituents is 1. The quantitative estimate of drug-likeness (QED) is 0.886. The molecule has 0 atom stereocenters. The van der Waals surface area contributed by atoms with Crippen LogP contribution in [0, 0.1) is 5.82 Å². The summed E-state index contributed by atoms with van der Waals surface area (Å²) in [6.45, 7) is 0.278. The number of carbonyl (C=O) groups is 1. The minimum absolute atomic E-state index is 0.0624. The van der Waals surface area contributed by atoms with Crippen molar-refractivity contribution in [3.8, 4) is 11.5 Å². The molecule has 0 fully saturated rings. The molecule has 0 heterocycles. The summed E-state index contributed by atoms with van der Waals surface area (Å²) in [5.74, 6) is -0.500. The van der Waals surface area contributed by atoms with Crippen LogP contribution in [-0.2, 0) is 6.54 Å². The average Bonchev–Trinajstić information content (AvgIpc) is 2.49. The average molecular weight is 354 g/mol. The Morgan fingerprint density at radius 2 is 2.00 bits per heavy atom. The molecule has 0 unspecified atom stereocenters. The van der Waals surface area contributed by atoms with Crippen LogP contribution in [0.2, 0.25) is 0 Å². The van der Waals surface area contributed by atoms with Crippen molar-refractivity contribution in [2.75, 3.05) is 7.11 Å². The van der Waals surface area contributed by atoms with Crippen molar-refractivity contribution in [3.05, 3.63) is 57.8 Å². The SMILES string of the molecule is COc1cc(C(=O)NCc2ccc(F)cc2)cc(Br)c1O. The molecule has 0 spiro atoms. The van der Waals surface area contributed by atoms with Crippen LogP contribution >= 0.6 is 15.9 Å². The summed E-state index contributed by atoms with van der Waals surface area (Å²) in [4.78, 5) is 12.1. The van der Waals surface area contributed by atoms with Crippen molar-refractivity contribution < 1.29 is 19.0 Å². The maximum absolute atomic E-state index is 12.8. The van der Waals surface area contributed by atoms with Crippen LogP contribution < -0.4 is 10.1 Å². The molecular weight excluding hydrogens is 341 g/mol. The van der Waals surface area contributed by atoms with E-state index in [0.717, 1.165) is 5.56 Å². The number of carbonyl (C=O) groups excluding carboxylic acids is 1. The van der Waals surface area contributed by atoms with Crippen LogP contribution in [0.4, 0.5) is 4.39 Å². The first-order chi connectivity index (χ1) is 10.0. The number of ether oxygens (including phenoxy) is 1. The number of halogens is 2. The van der Waals surface area contributed by atoms with Gasteiger partial charge in [0.25, 0.3) is 5.91 Å². The number of hydrogen-bond donors (Lipinski definition) is 2. The first-order valence-corrected chi connectivity index (χ1v) is 6.89. The number of hydrogen-bond acceptors (Lipinski definition) is 3. The molecule has 0 aliphatic rings. The van der Waals surface area contributed by atoms with Gasteiger partial charge in [-0.2, -0.15) is 0 Å². The fourth-order valence-electron chi connectivity index (χ4n) is 1.75. The molecular formula is C15H13BrFNO3. The minimum Gasteiger partial charge on any atom is -0.503 e. The summed E-state index contributed by atoms with van der Waals surface area (Å²) >= 11 is 3.16. The van der Waals surface area contributed by atoms with E-state index in [0.29, 0.717) is 10.0 Å². The predicted molar refractivity (Wildman–Crippen MR) is 79.9 cm³/mol. The van der Waals surface area contributed by atoms with Gasteiger partial charge in [0.05, 0.1) is 11.6 Å². The van der Waals surface area contributed by atoms with E-state index in [1.807, 2.05) is 0 Å². The number of methoxy groups -OCH3 is 1. The maximum Gasteiger partial charge on any atom is 0.251 e. The van der Waals surface area contributed by atoms with E-state index in [1.54, 1.807) is 12.1 Å². The molecule has 6 heteroatoms. The van der Waals surface area contributed by atoms with Gasteiger partial charge in [-0.05, 0) is 45.8 Å². The van der Waals surface area contributed by atoms with Crippen LogP contribution in [-0.4, -0.2) is 18.1 Å². The van der Waals surface area contributed by atoms with Gasteiger partial charge in [-0.1, -0.05) is 12.1 Å². The van der Waals surface area contributed by atoms with Crippen molar-refractivity contribution in [3.63, 3.8) is 0 Å². The molecule has 0 radical (unpaired) electrons. The smallest absolute Gasteiger partial charge is 0.251 e. The number of nitrogens with one attached hydrogen (secondary N) is 1. The van der Waals surface area contributed by atoms with Crippen molar-refractivity contribution in [2.24, 2.45) is 0 Å². The standard InChI is InChI=1S/C15H13BrFNO3/c1-21-13-7-10(6-12(16)14(13)19)15(20)18-8-9-2-4-11(17)5-3-9/h2-7,19H,8H2,1H3,(H,18,20). The lowest BCUT2D eigenvalue weighted by atomic mass is 10.1. The van der Waals surface area contributed by atoms with Gasteiger partial charge in [0.1, 0.15) is 5.82 Å². The third-order valence-electron chi connectivity index (χ3n) is 2.88. The largest absolute Gasteiger partial charge is 0.503 e. The Morgan fingerprint density at radius 1 is 1.33 bits per heavy atom.